The SMILES string of the molecule is CCOC(=O)[C@H]1[C@H](c2ccc(N(C)C)cc2)c2cc3c(cc2OC1(C)N1CCCC1)OCO3. The highest BCUT2D eigenvalue weighted by Gasteiger charge is 2.56. The molecule has 5 rings (SSSR count). The lowest BCUT2D eigenvalue weighted by Crippen LogP contribution is -2.61. The van der Waals surface area contributed by atoms with E-state index in [-0.39, 0.29) is 18.7 Å². The normalized spacial score (nSPS) is 25.9. The minimum atomic E-state index is -0.839. The van der Waals surface area contributed by atoms with E-state index in [1.54, 1.807) is 0 Å². The maximum absolute atomic E-state index is 13.6. The third-order valence-electron chi connectivity index (χ3n) is 7.11. The van der Waals surface area contributed by atoms with Crippen molar-refractivity contribution in [3.8, 4) is 17.2 Å². The molecule has 3 aliphatic heterocycles. The zero-order valence-corrected chi connectivity index (χ0v) is 19.8. The van der Waals surface area contributed by atoms with Crippen molar-refractivity contribution in [2.24, 2.45) is 5.92 Å². The molecule has 7 heteroatoms. The van der Waals surface area contributed by atoms with Crippen LogP contribution in [0.3, 0.4) is 0 Å². The first kappa shape index (κ1) is 21.9. The van der Waals surface area contributed by atoms with Crippen LogP contribution in [0.4, 0.5) is 5.69 Å². The molecule has 3 heterocycles. The van der Waals surface area contributed by atoms with Gasteiger partial charge in [0.25, 0.3) is 0 Å². The van der Waals surface area contributed by atoms with Gasteiger partial charge in [-0.15, -0.1) is 0 Å². The number of nitrogens with zero attached hydrogens (tertiary/aromatic N) is 2. The maximum atomic E-state index is 13.6. The van der Waals surface area contributed by atoms with Gasteiger partial charge in [-0.05, 0) is 50.5 Å². The highest BCUT2D eigenvalue weighted by Crippen LogP contribution is 2.53. The summed E-state index contributed by atoms with van der Waals surface area (Å²) < 4.78 is 23.7. The van der Waals surface area contributed by atoms with Gasteiger partial charge in [0.05, 0.1) is 6.61 Å². The highest BCUT2D eigenvalue weighted by atomic mass is 16.7. The Morgan fingerprint density at radius 3 is 2.39 bits per heavy atom. The fraction of sp³-hybridized carbons (Fsp3) is 0.500. The number of fused-ring (bicyclic) bond motifs is 2. The average Bonchev–Trinajstić information content (AvgIpc) is 3.49. The molecule has 0 N–H and O–H groups in total. The van der Waals surface area contributed by atoms with E-state index >= 15 is 0 Å². The Morgan fingerprint density at radius 1 is 1.09 bits per heavy atom. The molecule has 0 spiro atoms. The van der Waals surface area contributed by atoms with Gasteiger partial charge in [-0.1, -0.05) is 12.1 Å². The third-order valence-corrected chi connectivity index (χ3v) is 7.11. The number of rotatable bonds is 5. The molecule has 1 fully saturated rings. The van der Waals surface area contributed by atoms with Crippen molar-refractivity contribution in [3.05, 3.63) is 47.5 Å². The Kier molecular flexibility index (Phi) is 5.60. The van der Waals surface area contributed by atoms with Gasteiger partial charge >= 0.3 is 5.97 Å². The summed E-state index contributed by atoms with van der Waals surface area (Å²) in [5.41, 5.74) is 2.24. The Bertz CT molecular complexity index is 1030. The van der Waals surface area contributed by atoms with E-state index < -0.39 is 11.6 Å². The first-order valence-electron chi connectivity index (χ1n) is 11.7. The second kappa shape index (κ2) is 8.45. The van der Waals surface area contributed by atoms with Gasteiger partial charge < -0.3 is 23.8 Å². The molecule has 2 aromatic rings. The number of hydrogen-bond acceptors (Lipinski definition) is 7. The Morgan fingerprint density at radius 2 is 1.76 bits per heavy atom. The lowest BCUT2D eigenvalue weighted by Gasteiger charge is -2.49. The summed E-state index contributed by atoms with van der Waals surface area (Å²) in [7, 11) is 4.04. The largest absolute Gasteiger partial charge is 0.471 e. The van der Waals surface area contributed by atoms with Crippen LogP contribution >= 0.6 is 0 Å². The molecule has 3 aliphatic rings. The molecule has 0 aliphatic carbocycles. The van der Waals surface area contributed by atoms with Gasteiger partial charge in [-0.2, -0.15) is 0 Å². The lowest BCUT2D eigenvalue weighted by atomic mass is 9.72. The van der Waals surface area contributed by atoms with Gasteiger partial charge in [0.15, 0.2) is 17.2 Å². The first-order valence-corrected chi connectivity index (χ1v) is 11.7. The van der Waals surface area contributed by atoms with Crippen LogP contribution in [0.1, 0.15) is 43.7 Å². The van der Waals surface area contributed by atoms with Crippen LogP contribution in [0, 0.1) is 5.92 Å². The zero-order valence-electron chi connectivity index (χ0n) is 19.8. The van der Waals surface area contributed by atoms with Crippen molar-refractivity contribution in [1.29, 1.82) is 0 Å². The predicted octanol–water partition coefficient (Wildman–Crippen LogP) is 4.00. The Balaban J connectivity index is 1.69. The topological polar surface area (TPSA) is 60.5 Å². The van der Waals surface area contributed by atoms with Crippen molar-refractivity contribution >= 4 is 11.7 Å². The molecular formula is C26H32N2O5. The number of carbonyl (C=O) groups excluding carboxylic acids is 1. The fourth-order valence-corrected chi connectivity index (χ4v) is 5.41. The molecule has 1 saturated heterocycles. The summed E-state index contributed by atoms with van der Waals surface area (Å²) >= 11 is 0. The maximum Gasteiger partial charge on any atom is 0.315 e. The summed E-state index contributed by atoms with van der Waals surface area (Å²) in [6, 6.07) is 12.3. The second-order valence-corrected chi connectivity index (χ2v) is 9.29. The molecular weight excluding hydrogens is 420 g/mol. The molecule has 33 heavy (non-hydrogen) atoms. The third kappa shape index (κ3) is 3.68. The molecule has 1 unspecified atom stereocenters. The zero-order chi connectivity index (χ0) is 23.2. The summed E-state index contributed by atoms with van der Waals surface area (Å²) in [4.78, 5) is 17.9. The first-order chi connectivity index (χ1) is 15.9. The summed E-state index contributed by atoms with van der Waals surface area (Å²) in [5, 5.41) is 0. The molecule has 7 nitrogen and oxygen atoms in total. The molecule has 176 valence electrons. The van der Waals surface area contributed by atoms with E-state index in [4.69, 9.17) is 18.9 Å². The average molecular weight is 453 g/mol. The van der Waals surface area contributed by atoms with Crippen LogP contribution in [-0.2, 0) is 9.53 Å². The molecule has 3 atom stereocenters. The van der Waals surface area contributed by atoms with Gasteiger partial charge in [0, 0.05) is 50.4 Å². The highest BCUT2D eigenvalue weighted by molar-refractivity contribution is 5.78. The van der Waals surface area contributed by atoms with Crippen molar-refractivity contribution in [1.82, 2.24) is 4.90 Å². The fourth-order valence-electron chi connectivity index (χ4n) is 5.41. The number of anilines is 1. The molecule has 0 bridgehead atoms. The van der Waals surface area contributed by atoms with E-state index in [2.05, 4.69) is 34.1 Å². The van der Waals surface area contributed by atoms with E-state index in [9.17, 15) is 4.79 Å². The molecule has 0 saturated carbocycles. The number of carbonyl (C=O) groups is 1. The smallest absolute Gasteiger partial charge is 0.315 e. The number of hydrogen-bond donors (Lipinski definition) is 0. The molecule has 2 aromatic carbocycles. The van der Waals surface area contributed by atoms with Crippen LogP contribution in [-0.4, -0.2) is 57.2 Å². The Labute approximate surface area is 195 Å². The minimum absolute atomic E-state index is 0.186. The van der Waals surface area contributed by atoms with Crippen LogP contribution in [0.2, 0.25) is 0 Å². The lowest BCUT2D eigenvalue weighted by molar-refractivity contribution is -0.174. The van der Waals surface area contributed by atoms with Crippen molar-refractivity contribution in [2.45, 2.75) is 38.3 Å². The second-order valence-electron chi connectivity index (χ2n) is 9.29. The van der Waals surface area contributed by atoms with Crippen LogP contribution in [0.15, 0.2) is 36.4 Å². The Hall–Kier alpha value is -2.93. The van der Waals surface area contributed by atoms with Crippen LogP contribution in [0.25, 0.3) is 0 Å². The molecule has 0 amide bonds. The molecule has 0 radical (unpaired) electrons. The standard InChI is InChI=1S/C26H32N2O5/c1-5-30-25(29)24-23(17-8-10-18(11-9-17)27(3)4)19-14-21-22(32-16-31-21)15-20(19)33-26(24,2)28-12-6-7-13-28/h8-11,14-15,23-24H,5-7,12-13,16H2,1-4H3/t23-,24-,26?/m1/s1. The van der Waals surface area contributed by atoms with Crippen molar-refractivity contribution < 1.29 is 23.7 Å². The number of benzene rings is 2. The van der Waals surface area contributed by atoms with Crippen LogP contribution < -0.4 is 19.1 Å². The summed E-state index contributed by atoms with van der Waals surface area (Å²) in [6.45, 7) is 6.17. The van der Waals surface area contributed by atoms with Crippen molar-refractivity contribution in [2.75, 3.05) is 45.5 Å². The summed E-state index contributed by atoms with van der Waals surface area (Å²) in [5.74, 6) is 1.07. The monoisotopic (exact) mass is 452 g/mol. The van der Waals surface area contributed by atoms with Gasteiger partial charge in [0.1, 0.15) is 11.7 Å². The quantitative estimate of drug-likeness (QED) is 0.636. The van der Waals surface area contributed by atoms with E-state index in [1.165, 1.54) is 0 Å². The van der Waals surface area contributed by atoms with Gasteiger partial charge in [-0.3, -0.25) is 9.69 Å². The van der Waals surface area contributed by atoms with E-state index in [0.29, 0.717) is 18.1 Å². The van der Waals surface area contributed by atoms with Crippen LogP contribution in [0.5, 0.6) is 17.2 Å². The van der Waals surface area contributed by atoms with Crippen molar-refractivity contribution in [3.63, 3.8) is 0 Å². The number of likely N-dealkylation sites (tertiary alicyclic amines) is 1. The van der Waals surface area contributed by atoms with E-state index in [0.717, 1.165) is 48.5 Å². The number of ether oxygens (including phenoxy) is 4. The minimum Gasteiger partial charge on any atom is -0.471 e. The predicted molar refractivity (Wildman–Crippen MR) is 125 cm³/mol. The van der Waals surface area contributed by atoms with Gasteiger partial charge in [-0.25, -0.2) is 0 Å². The number of esters is 1. The van der Waals surface area contributed by atoms with E-state index in [1.807, 2.05) is 40.1 Å². The van der Waals surface area contributed by atoms with Gasteiger partial charge in [0.2, 0.25) is 6.79 Å². The molecule has 0 aromatic heterocycles. The summed E-state index contributed by atoms with van der Waals surface area (Å²) in [6.07, 6.45) is 2.18.